The molecular weight excluding hydrogens is 316 g/mol. The molecule has 0 aliphatic carbocycles. The number of carboxylic acids is 1. The van der Waals surface area contributed by atoms with Crippen molar-refractivity contribution in [2.45, 2.75) is 13.0 Å². The summed E-state index contributed by atoms with van der Waals surface area (Å²) in [6.45, 7) is 0.407. The Morgan fingerprint density at radius 1 is 1.35 bits per heavy atom. The van der Waals surface area contributed by atoms with Crippen LogP contribution < -0.4 is 5.32 Å². The number of aromatic nitrogens is 1. The van der Waals surface area contributed by atoms with Crippen molar-refractivity contribution in [1.29, 1.82) is 0 Å². The highest BCUT2D eigenvalue weighted by molar-refractivity contribution is 7.09. The van der Waals surface area contributed by atoms with Crippen LogP contribution in [0.1, 0.15) is 21.1 Å². The summed E-state index contributed by atoms with van der Waals surface area (Å²) in [5.41, 5.74) is 1.20. The van der Waals surface area contributed by atoms with Crippen LogP contribution in [0.3, 0.4) is 0 Å². The number of aliphatic carboxylic acids is 1. The first kappa shape index (κ1) is 17.1. The fraction of sp³-hybridized carbons (Fsp3) is 0.312. The predicted octanol–water partition coefficient (Wildman–Crippen LogP) is 1.96. The molecule has 122 valence electrons. The maximum absolute atomic E-state index is 12.0. The molecule has 1 unspecified atom stereocenters. The number of nitrogens with zero attached hydrogens (tertiary/aromatic N) is 1. The topological polar surface area (TPSA) is 88.5 Å². The highest BCUT2D eigenvalue weighted by Gasteiger charge is 2.20. The second-order valence-electron chi connectivity index (χ2n) is 4.99. The number of carbonyl (C=O) groups is 2. The van der Waals surface area contributed by atoms with Gasteiger partial charge in [0, 0.05) is 19.0 Å². The number of rotatable bonds is 8. The van der Waals surface area contributed by atoms with Gasteiger partial charge in [0.15, 0.2) is 0 Å². The summed E-state index contributed by atoms with van der Waals surface area (Å²) in [7, 11) is 1.56. The standard InChI is InChI=1S/C16H18N2O4S/c1-22-9-14-18-13(10-23-14)15(19)17-8-12(16(20)21)7-11-5-3-2-4-6-11/h2-6,10,12H,7-9H2,1H3,(H,17,19)(H,20,21). The first-order chi connectivity index (χ1) is 11.1. The number of benzene rings is 1. The highest BCUT2D eigenvalue weighted by atomic mass is 32.1. The van der Waals surface area contributed by atoms with Crippen LogP contribution in [-0.4, -0.2) is 35.6 Å². The molecule has 2 aromatic rings. The summed E-state index contributed by atoms with van der Waals surface area (Å²) < 4.78 is 4.96. The summed E-state index contributed by atoms with van der Waals surface area (Å²) in [6.07, 6.45) is 0.364. The summed E-state index contributed by atoms with van der Waals surface area (Å²) in [6, 6.07) is 9.34. The molecule has 23 heavy (non-hydrogen) atoms. The van der Waals surface area contributed by atoms with Crippen molar-refractivity contribution in [3.63, 3.8) is 0 Å². The number of thiazole rings is 1. The van der Waals surface area contributed by atoms with E-state index >= 15 is 0 Å². The molecule has 0 fully saturated rings. The third kappa shape index (κ3) is 5.15. The van der Waals surface area contributed by atoms with E-state index in [4.69, 9.17) is 4.74 Å². The first-order valence-corrected chi connectivity index (χ1v) is 7.96. The summed E-state index contributed by atoms with van der Waals surface area (Å²) in [5.74, 6) is -1.99. The van der Waals surface area contributed by atoms with Crippen LogP contribution in [0.25, 0.3) is 0 Å². The van der Waals surface area contributed by atoms with Crippen molar-refractivity contribution in [3.8, 4) is 0 Å². The lowest BCUT2D eigenvalue weighted by Gasteiger charge is -2.13. The van der Waals surface area contributed by atoms with Crippen LogP contribution in [0.5, 0.6) is 0 Å². The third-order valence-corrected chi connectivity index (χ3v) is 4.06. The van der Waals surface area contributed by atoms with E-state index in [2.05, 4.69) is 10.3 Å². The number of carbonyl (C=O) groups excluding carboxylic acids is 1. The van der Waals surface area contributed by atoms with Gasteiger partial charge in [-0.3, -0.25) is 9.59 Å². The molecule has 0 spiro atoms. The number of methoxy groups -OCH3 is 1. The quantitative estimate of drug-likeness (QED) is 0.770. The largest absolute Gasteiger partial charge is 0.481 e. The molecule has 1 amide bonds. The molecule has 0 aliphatic heterocycles. The lowest BCUT2D eigenvalue weighted by atomic mass is 9.99. The SMILES string of the molecule is COCc1nc(C(=O)NCC(Cc2ccccc2)C(=O)O)cs1. The average Bonchev–Trinajstić information content (AvgIpc) is 3.01. The Morgan fingerprint density at radius 2 is 2.09 bits per heavy atom. The Hall–Kier alpha value is -2.25. The minimum absolute atomic E-state index is 0.0558. The Balaban J connectivity index is 1.92. The van der Waals surface area contributed by atoms with E-state index in [-0.39, 0.29) is 18.1 Å². The fourth-order valence-corrected chi connectivity index (χ4v) is 2.80. The van der Waals surface area contributed by atoms with E-state index in [1.54, 1.807) is 12.5 Å². The second kappa shape index (κ2) is 8.40. The van der Waals surface area contributed by atoms with Crippen molar-refractivity contribution in [3.05, 3.63) is 52.0 Å². The van der Waals surface area contributed by atoms with Crippen molar-refractivity contribution in [1.82, 2.24) is 10.3 Å². The Labute approximate surface area is 138 Å². The van der Waals surface area contributed by atoms with Crippen LogP contribution in [0.2, 0.25) is 0 Å². The van der Waals surface area contributed by atoms with Crippen LogP contribution >= 0.6 is 11.3 Å². The van der Waals surface area contributed by atoms with Gasteiger partial charge in [0.25, 0.3) is 5.91 Å². The van der Waals surface area contributed by atoms with Gasteiger partial charge in [-0.15, -0.1) is 11.3 Å². The number of nitrogens with one attached hydrogen (secondary N) is 1. The van der Waals surface area contributed by atoms with Gasteiger partial charge in [-0.05, 0) is 12.0 Å². The second-order valence-corrected chi connectivity index (χ2v) is 5.94. The molecule has 1 aromatic carbocycles. The zero-order valence-corrected chi connectivity index (χ0v) is 13.5. The number of carboxylic acid groups (broad SMARTS) is 1. The van der Waals surface area contributed by atoms with Gasteiger partial charge in [0.1, 0.15) is 10.7 Å². The number of hydrogen-bond donors (Lipinski definition) is 2. The van der Waals surface area contributed by atoms with Gasteiger partial charge in [-0.2, -0.15) is 0 Å². The zero-order valence-electron chi connectivity index (χ0n) is 12.7. The normalized spacial score (nSPS) is 11.9. The van der Waals surface area contributed by atoms with E-state index in [9.17, 15) is 14.7 Å². The molecule has 6 nitrogen and oxygen atoms in total. The maximum Gasteiger partial charge on any atom is 0.308 e. The summed E-state index contributed by atoms with van der Waals surface area (Å²) in [4.78, 5) is 27.5. The van der Waals surface area contributed by atoms with Gasteiger partial charge < -0.3 is 15.2 Å². The van der Waals surface area contributed by atoms with E-state index in [1.165, 1.54) is 11.3 Å². The molecule has 1 atom stereocenters. The number of ether oxygens (including phenoxy) is 1. The molecule has 0 saturated heterocycles. The van der Waals surface area contributed by atoms with Crippen LogP contribution in [0.15, 0.2) is 35.7 Å². The zero-order chi connectivity index (χ0) is 16.7. The van der Waals surface area contributed by atoms with Crippen LogP contribution in [0, 0.1) is 5.92 Å². The monoisotopic (exact) mass is 334 g/mol. The lowest BCUT2D eigenvalue weighted by molar-refractivity contribution is -0.141. The molecule has 7 heteroatoms. The Kier molecular flexibility index (Phi) is 6.25. The Bertz CT molecular complexity index is 657. The van der Waals surface area contributed by atoms with Crippen LogP contribution in [-0.2, 0) is 22.6 Å². The number of amides is 1. The average molecular weight is 334 g/mol. The van der Waals surface area contributed by atoms with Crippen molar-refractivity contribution in [2.24, 2.45) is 5.92 Å². The molecule has 0 radical (unpaired) electrons. The maximum atomic E-state index is 12.0. The minimum atomic E-state index is -0.937. The summed E-state index contributed by atoms with van der Waals surface area (Å²) in [5, 5.41) is 14.3. The molecule has 1 heterocycles. The minimum Gasteiger partial charge on any atom is -0.481 e. The molecule has 2 rings (SSSR count). The lowest BCUT2D eigenvalue weighted by Crippen LogP contribution is -2.34. The van der Waals surface area contributed by atoms with E-state index < -0.39 is 11.9 Å². The number of hydrogen-bond acceptors (Lipinski definition) is 5. The van der Waals surface area contributed by atoms with Gasteiger partial charge in [0.2, 0.25) is 0 Å². The molecule has 2 N–H and O–H groups in total. The molecule has 1 aromatic heterocycles. The van der Waals surface area contributed by atoms with Crippen molar-refractivity contribution in [2.75, 3.05) is 13.7 Å². The van der Waals surface area contributed by atoms with E-state index in [1.807, 2.05) is 30.3 Å². The molecule has 0 bridgehead atoms. The molecule has 0 aliphatic rings. The molecule has 0 saturated carbocycles. The van der Waals surface area contributed by atoms with E-state index in [0.717, 1.165) is 5.56 Å². The smallest absolute Gasteiger partial charge is 0.308 e. The van der Waals surface area contributed by atoms with Crippen LogP contribution in [0.4, 0.5) is 0 Å². The molecular formula is C16H18N2O4S. The predicted molar refractivity (Wildman–Crippen MR) is 86.4 cm³/mol. The van der Waals surface area contributed by atoms with Crippen molar-refractivity contribution >= 4 is 23.2 Å². The third-order valence-electron chi connectivity index (χ3n) is 3.24. The van der Waals surface area contributed by atoms with Gasteiger partial charge in [-0.1, -0.05) is 30.3 Å². The highest BCUT2D eigenvalue weighted by Crippen LogP contribution is 2.12. The van der Waals surface area contributed by atoms with Gasteiger partial charge >= 0.3 is 5.97 Å². The summed E-state index contributed by atoms with van der Waals surface area (Å²) >= 11 is 1.33. The Morgan fingerprint density at radius 3 is 2.74 bits per heavy atom. The van der Waals surface area contributed by atoms with Crippen molar-refractivity contribution < 1.29 is 19.4 Å². The fourth-order valence-electron chi connectivity index (χ4n) is 2.06. The first-order valence-electron chi connectivity index (χ1n) is 7.08. The van der Waals surface area contributed by atoms with Gasteiger partial charge in [0.05, 0.1) is 12.5 Å². The van der Waals surface area contributed by atoms with E-state index in [0.29, 0.717) is 18.0 Å². The van der Waals surface area contributed by atoms with Gasteiger partial charge in [-0.25, -0.2) is 4.98 Å².